The molecule has 114 valence electrons. The van der Waals surface area contributed by atoms with E-state index in [2.05, 4.69) is 5.32 Å². The topological polar surface area (TPSA) is 85.6 Å². The summed E-state index contributed by atoms with van der Waals surface area (Å²) in [6, 6.07) is 9.09. The first-order valence-corrected chi connectivity index (χ1v) is 6.65. The minimum absolute atomic E-state index is 0.275. The third kappa shape index (κ3) is 4.05. The van der Waals surface area contributed by atoms with Gasteiger partial charge < -0.3 is 14.5 Å². The number of carbonyl (C=O) groups excluding carboxylic acids is 3. The molecule has 1 amide bonds. The van der Waals surface area contributed by atoms with Crippen molar-refractivity contribution >= 4 is 18.2 Å². The molecule has 0 bridgehead atoms. The molecule has 0 radical (unpaired) electrons. The van der Waals surface area contributed by atoms with E-state index in [9.17, 15) is 14.4 Å². The molecule has 0 fully saturated rings. The number of carbonyl (C=O) groups is 3. The maximum atomic E-state index is 11.8. The zero-order valence-corrected chi connectivity index (χ0v) is 11.9. The van der Waals surface area contributed by atoms with Crippen LogP contribution in [0, 0.1) is 0 Å². The number of esters is 1. The molecule has 6 nitrogen and oxygen atoms in total. The Morgan fingerprint density at radius 1 is 1.27 bits per heavy atom. The van der Waals surface area contributed by atoms with E-state index in [1.54, 1.807) is 19.1 Å². The summed E-state index contributed by atoms with van der Waals surface area (Å²) in [5.41, 5.74) is 0.735. The Balaban J connectivity index is 1.82. The van der Waals surface area contributed by atoms with Crippen LogP contribution < -0.4 is 5.32 Å². The Morgan fingerprint density at radius 2 is 2.00 bits per heavy atom. The third-order valence-corrected chi connectivity index (χ3v) is 2.96. The molecule has 22 heavy (non-hydrogen) atoms. The van der Waals surface area contributed by atoms with E-state index < -0.39 is 11.9 Å². The van der Waals surface area contributed by atoms with Crippen LogP contribution in [-0.2, 0) is 9.53 Å². The molecule has 0 aliphatic rings. The lowest BCUT2D eigenvalue weighted by Gasteiger charge is -2.11. The fraction of sp³-hybridized carbons (Fsp3) is 0.188. The molecule has 1 aromatic carbocycles. The molecule has 0 saturated heterocycles. The predicted molar refractivity (Wildman–Crippen MR) is 77.4 cm³/mol. The molecule has 1 aromatic heterocycles. The normalized spacial score (nSPS) is 11.5. The molecule has 0 aliphatic carbocycles. The van der Waals surface area contributed by atoms with Crippen LogP contribution in [-0.4, -0.2) is 24.8 Å². The molecule has 1 heterocycles. The van der Waals surface area contributed by atoms with Crippen molar-refractivity contribution in [1.29, 1.82) is 0 Å². The Kier molecular flexibility index (Phi) is 5.08. The van der Waals surface area contributed by atoms with Gasteiger partial charge in [0, 0.05) is 5.56 Å². The van der Waals surface area contributed by atoms with Gasteiger partial charge >= 0.3 is 5.97 Å². The van der Waals surface area contributed by atoms with Gasteiger partial charge in [-0.2, -0.15) is 0 Å². The molecule has 2 aromatic rings. The monoisotopic (exact) mass is 301 g/mol. The molecule has 0 unspecified atom stereocenters. The Labute approximate surface area is 127 Å². The van der Waals surface area contributed by atoms with Gasteiger partial charge in [-0.25, -0.2) is 4.79 Å². The Morgan fingerprint density at radius 3 is 2.59 bits per heavy atom. The highest BCUT2D eigenvalue weighted by Crippen LogP contribution is 2.11. The fourth-order valence-corrected chi connectivity index (χ4v) is 1.80. The van der Waals surface area contributed by atoms with E-state index >= 15 is 0 Å². The summed E-state index contributed by atoms with van der Waals surface area (Å²) in [4.78, 5) is 34.0. The summed E-state index contributed by atoms with van der Waals surface area (Å²) >= 11 is 0. The number of rotatable bonds is 6. The molecule has 0 spiro atoms. The third-order valence-electron chi connectivity index (χ3n) is 2.96. The van der Waals surface area contributed by atoms with E-state index in [-0.39, 0.29) is 18.2 Å². The predicted octanol–water partition coefficient (Wildman–Crippen LogP) is 2.13. The zero-order valence-electron chi connectivity index (χ0n) is 11.9. The first kappa shape index (κ1) is 15.5. The number of aldehydes is 1. The summed E-state index contributed by atoms with van der Waals surface area (Å²) < 4.78 is 10.1. The molecule has 1 atom stereocenters. The summed E-state index contributed by atoms with van der Waals surface area (Å²) in [6.07, 6.45) is 2.19. The van der Waals surface area contributed by atoms with Crippen molar-refractivity contribution in [3.63, 3.8) is 0 Å². The van der Waals surface area contributed by atoms with Crippen molar-refractivity contribution in [3.05, 3.63) is 59.5 Å². The minimum Gasteiger partial charge on any atom is -0.467 e. The van der Waals surface area contributed by atoms with Gasteiger partial charge in [0.1, 0.15) is 12.0 Å². The number of amides is 1. The fourth-order valence-electron chi connectivity index (χ4n) is 1.80. The van der Waals surface area contributed by atoms with Crippen molar-refractivity contribution in [2.24, 2.45) is 0 Å². The first-order valence-electron chi connectivity index (χ1n) is 6.65. The van der Waals surface area contributed by atoms with Crippen molar-refractivity contribution in [1.82, 2.24) is 5.32 Å². The number of hydrogen-bond acceptors (Lipinski definition) is 5. The van der Waals surface area contributed by atoms with Gasteiger partial charge in [0.2, 0.25) is 0 Å². The van der Waals surface area contributed by atoms with E-state index in [0.717, 1.165) is 0 Å². The van der Waals surface area contributed by atoms with Gasteiger partial charge in [-0.1, -0.05) is 12.1 Å². The SMILES string of the molecule is C[C@@H](NC(=O)COC(=O)c1ccc(C=O)cc1)c1ccco1. The first-order chi connectivity index (χ1) is 10.6. The lowest BCUT2D eigenvalue weighted by atomic mass is 10.1. The molecular formula is C16H15NO5. The summed E-state index contributed by atoms with van der Waals surface area (Å²) in [5, 5.41) is 2.65. The van der Waals surface area contributed by atoms with Crippen LogP contribution in [0.2, 0.25) is 0 Å². The standard InChI is InChI=1S/C16H15NO5/c1-11(14-3-2-8-21-14)17-15(19)10-22-16(20)13-6-4-12(9-18)5-7-13/h2-9,11H,10H2,1H3,(H,17,19)/t11-/m1/s1. The van der Waals surface area contributed by atoms with Gasteiger partial charge in [0.15, 0.2) is 6.61 Å². The summed E-state index contributed by atoms with van der Waals surface area (Å²) in [6.45, 7) is 1.37. The van der Waals surface area contributed by atoms with Crippen molar-refractivity contribution in [2.45, 2.75) is 13.0 Å². The highest BCUT2D eigenvalue weighted by molar-refractivity contribution is 5.92. The minimum atomic E-state index is -0.627. The maximum Gasteiger partial charge on any atom is 0.338 e. The highest BCUT2D eigenvalue weighted by Gasteiger charge is 2.14. The average Bonchev–Trinajstić information content (AvgIpc) is 3.07. The Hall–Kier alpha value is -2.89. The Bertz CT molecular complexity index is 646. The number of furan rings is 1. The quantitative estimate of drug-likeness (QED) is 0.652. The average molecular weight is 301 g/mol. The van der Waals surface area contributed by atoms with E-state index in [0.29, 0.717) is 17.6 Å². The van der Waals surface area contributed by atoms with Gasteiger partial charge in [0.25, 0.3) is 5.91 Å². The molecule has 0 saturated carbocycles. The largest absolute Gasteiger partial charge is 0.467 e. The highest BCUT2D eigenvalue weighted by atomic mass is 16.5. The number of benzene rings is 1. The van der Waals surface area contributed by atoms with Gasteiger partial charge in [0.05, 0.1) is 17.9 Å². The molecule has 6 heteroatoms. The molecule has 2 rings (SSSR count). The van der Waals surface area contributed by atoms with Crippen molar-refractivity contribution < 1.29 is 23.5 Å². The van der Waals surface area contributed by atoms with Crippen LogP contribution >= 0.6 is 0 Å². The van der Waals surface area contributed by atoms with Crippen LogP contribution in [0.5, 0.6) is 0 Å². The van der Waals surface area contributed by atoms with Gasteiger partial charge in [-0.15, -0.1) is 0 Å². The van der Waals surface area contributed by atoms with E-state index in [4.69, 9.17) is 9.15 Å². The van der Waals surface area contributed by atoms with Crippen molar-refractivity contribution in [3.8, 4) is 0 Å². The van der Waals surface area contributed by atoms with Crippen LogP contribution in [0.4, 0.5) is 0 Å². The van der Waals surface area contributed by atoms with E-state index in [1.807, 2.05) is 0 Å². The second-order valence-corrected chi connectivity index (χ2v) is 4.62. The summed E-state index contributed by atoms with van der Waals surface area (Å²) in [5.74, 6) is -0.441. The second-order valence-electron chi connectivity index (χ2n) is 4.62. The molecular weight excluding hydrogens is 286 g/mol. The number of nitrogens with one attached hydrogen (secondary N) is 1. The number of hydrogen-bond donors (Lipinski definition) is 1. The second kappa shape index (κ2) is 7.21. The summed E-state index contributed by atoms with van der Waals surface area (Å²) in [7, 11) is 0. The van der Waals surface area contributed by atoms with Gasteiger partial charge in [-0.3, -0.25) is 9.59 Å². The smallest absolute Gasteiger partial charge is 0.338 e. The lowest BCUT2D eigenvalue weighted by Crippen LogP contribution is -2.30. The van der Waals surface area contributed by atoms with Crippen LogP contribution in [0.1, 0.15) is 39.4 Å². The van der Waals surface area contributed by atoms with Crippen LogP contribution in [0.3, 0.4) is 0 Å². The molecule has 1 N–H and O–H groups in total. The molecule has 0 aliphatic heterocycles. The van der Waals surface area contributed by atoms with Crippen LogP contribution in [0.15, 0.2) is 47.1 Å². The zero-order chi connectivity index (χ0) is 15.9. The number of ether oxygens (including phenoxy) is 1. The van der Waals surface area contributed by atoms with Gasteiger partial charge in [-0.05, 0) is 31.2 Å². The maximum absolute atomic E-state index is 11.8. The lowest BCUT2D eigenvalue weighted by molar-refractivity contribution is -0.125. The van der Waals surface area contributed by atoms with Crippen LogP contribution in [0.25, 0.3) is 0 Å². The van der Waals surface area contributed by atoms with Crippen molar-refractivity contribution in [2.75, 3.05) is 6.61 Å². The van der Waals surface area contributed by atoms with E-state index in [1.165, 1.54) is 30.5 Å².